The second kappa shape index (κ2) is 6.06. The molecule has 0 spiro atoms. The second-order valence-electron chi connectivity index (χ2n) is 3.58. The third kappa shape index (κ3) is 5.00. The first-order chi connectivity index (χ1) is 8.53. The van der Waals surface area contributed by atoms with E-state index in [4.69, 9.17) is 10.9 Å². The second-order valence-corrected chi connectivity index (χ2v) is 8.72. The number of hydrogen-bond acceptors (Lipinski definition) is 5. The molecule has 0 aromatic heterocycles. The predicted octanol–water partition coefficient (Wildman–Crippen LogP) is 0.361. The van der Waals surface area contributed by atoms with E-state index in [2.05, 4.69) is 36.6 Å². The highest BCUT2D eigenvalue weighted by Gasteiger charge is 2.21. The van der Waals surface area contributed by atoms with Gasteiger partial charge in [0.25, 0.3) is 0 Å². The summed E-state index contributed by atoms with van der Waals surface area (Å²) in [4.78, 5) is -0.0591. The molecule has 11 heteroatoms. The van der Waals surface area contributed by atoms with E-state index < -0.39 is 25.8 Å². The maximum atomic E-state index is 12.0. The van der Waals surface area contributed by atoms with Crippen molar-refractivity contribution in [2.75, 3.05) is 18.0 Å². The number of hydrogen-bond donors (Lipinski definition) is 3. The van der Waals surface area contributed by atoms with Crippen LogP contribution in [-0.2, 0) is 20.0 Å². The Kier molecular flexibility index (Phi) is 5.37. The maximum Gasteiger partial charge on any atom is 0.242 e. The SMILES string of the molecule is Nc1cc(Br)c(S(=O)(=O)NCCS(N)(=O)=O)c(Br)c1. The summed E-state index contributed by atoms with van der Waals surface area (Å²) in [6.45, 7) is -0.315. The quantitative estimate of drug-likeness (QED) is 0.573. The first kappa shape index (κ1) is 16.9. The van der Waals surface area contributed by atoms with E-state index >= 15 is 0 Å². The lowest BCUT2D eigenvalue weighted by molar-refractivity contribution is 0.580. The van der Waals surface area contributed by atoms with Gasteiger partial charge in [-0.3, -0.25) is 0 Å². The molecule has 1 aromatic rings. The summed E-state index contributed by atoms with van der Waals surface area (Å²) in [7, 11) is -7.61. The Morgan fingerprint density at radius 1 is 1.11 bits per heavy atom. The molecule has 0 fully saturated rings. The first-order valence-corrected chi connectivity index (χ1v) is 9.56. The van der Waals surface area contributed by atoms with Crippen LogP contribution < -0.4 is 15.6 Å². The molecule has 0 aliphatic heterocycles. The lowest BCUT2D eigenvalue weighted by Crippen LogP contribution is -2.31. The maximum absolute atomic E-state index is 12.0. The van der Waals surface area contributed by atoms with Gasteiger partial charge in [-0.2, -0.15) is 0 Å². The van der Waals surface area contributed by atoms with Crippen LogP contribution in [-0.4, -0.2) is 29.1 Å². The van der Waals surface area contributed by atoms with Crippen LogP contribution in [0.4, 0.5) is 5.69 Å². The fourth-order valence-electron chi connectivity index (χ4n) is 1.23. The molecule has 108 valence electrons. The first-order valence-electron chi connectivity index (χ1n) is 4.77. The van der Waals surface area contributed by atoms with Crippen LogP contribution in [0.2, 0.25) is 0 Å². The standard InChI is InChI=1S/C8H11Br2N3O4S2/c9-6-3-5(11)4-7(10)8(6)19(16,17)13-1-2-18(12,14)15/h3-4,13H,1-2,11H2,(H2,12,14,15). The van der Waals surface area contributed by atoms with Crippen molar-refractivity contribution in [2.45, 2.75) is 4.90 Å². The van der Waals surface area contributed by atoms with Crippen LogP contribution in [0.25, 0.3) is 0 Å². The lowest BCUT2D eigenvalue weighted by Gasteiger charge is -2.10. The monoisotopic (exact) mass is 435 g/mol. The van der Waals surface area contributed by atoms with Crippen LogP contribution >= 0.6 is 31.9 Å². The van der Waals surface area contributed by atoms with E-state index in [1.54, 1.807) is 0 Å². The van der Waals surface area contributed by atoms with Crippen molar-refractivity contribution >= 4 is 57.6 Å². The number of nitrogen functional groups attached to an aromatic ring is 1. The summed E-state index contributed by atoms with van der Waals surface area (Å²) >= 11 is 6.19. The third-order valence-electron chi connectivity index (χ3n) is 1.97. The van der Waals surface area contributed by atoms with E-state index in [9.17, 15) is 16.8 Å². The average Bonchev–Trinajstić information content (AvgIpc) is 2.11. The molecule has 0 atom stereocenters. The summed E-state index contributed by atoms with van der Waals surface area (Å²) in [5.74, 6) is -0.490. The van der Waals surface area contributed by atoms with Gasteiger partial charge in [0.15, 0.2) is 0 Å². The molecular formula is C8H11Br2N3O4S2. The van der Waals surface area contributed by atoms with Crippen LogP contribution in [0, 0.1) is 0 Å². The van der Waals surface area contributed by atoms with Gasteiger partial charge in [0.2, 0.25) is 20.0 Å². The van der Waals surface area contributed by atoms with Crippen molar-refractivity contribution in [1.82, 2.24) is 4.72 Å². The smallest absolute Gasteiger partial charge is 0.242 e. The number of primary sulfonamides is 1. The molecule has 5 N–H and O–H groups in total. The van der Waals surface area contributed by atoms with Gasteiger partial charge in [0, 0.05) is 21.2 Å². The number of nitrogens with one attached hydrogen (secondary N) is 1. The number of rotatable bonds is 5. The summed E-state index contributed by atoms with van der Waals surface area (Å²) in [5, 5.41) is 4.79. The minimum Gasteiger partial charge on any atom is -0.399 e. The van der Waals surface area contributed by atoms with Crippen molar-refractivity contribution in [3.63, 3.8) is 0 Å². The highest BCUT2D eigenvalue weighted by atomic mass is 79.9. The van der Waals surface area contributed by atoms with Gasteiger partial charge in [-0.25, -0.2) is 26.7 Å². The van der Waals surface area contributed by atoms with Crippen LogP contribution in [0.5, 0.6) is 0 Å². The Morgan fingerprint density at radius 3 is 2.00 bits per heavy atom. The van der Waals surface area contributed by atoms with E-state index in [0.29, 0.717) is 5.69 Å². The minimum absolute atomic E-state index is 0.0591. The average molecular weight is 437 g/mol. The van der Waals surface area contributed by atoms with Crippen molar-refractivity contribution in [1.29, 1.82) is 0 Å². The third-order valence-corrected chi connectivity index (χ3v) is 6.08. The number of sulfonamides is 2. The lowest BCUT2D eigenvalue weighted by atomic mass is 10.3. The number of nitrogens with two attached hydrogens (primary N) is 2. The van der Waals surface area contributed by atoms with E-state index in [1.807, 2.05) is 0 Å². The van der Waals surface area contributed by atoms with Gasteiger partial charge in [-0.05, 0) is 44.0 Å². The predicted molar refractivity (Wildman–Crippen MR) is 79.4 cm³/mol. The van der Waals surface area contributed by atoms with Crippen molar-refractivity contribution in [3.05, 3.63) is 21.1 Å². The molecule has 1 rings (SSSR count). The summed E-state index contributed by atoms with van der Waals surface area (Å²) in [6.07, 6.45) is 0. The zero-order chi connectivity index (χ0) is 14.8. The largest absolute Gasteiger partial charge is 0.399 e. The van der Waals surface area contributed by atoms with Crippen LogP contribution in [0.15, 0.2) is 26.0 Å². The summed E-state index contributed by atoms with van der Waals surface area (Å²) in [6, 6.07) is 2.86. The highest BCUT2D eigenvalue weighted by Crippen LogP contribution is 2.32. The van der Waals surface area contributed by atoms with Gasteiger partial charge in [0.05, 0.1) is 5.75 Å². The fraction of sp³-hybridized carbons (Fsp3) is 0.250. The van der Waals surface area contributed by atoms with Gasteiger partial charge in [-0.15, -0.1) is 0 Å². The molecule has 0 heterocycles. The molecule has 0 saturated carbocycles. The normalized spacial score (nSPS) is 12.6. The molecule has 19 heavy (non-hydrogen) atoms. The van der Waals surface area contributed by atoms with E-state index in [0.717, 1.165) is 0 Å². The Bertz CT molecular complexity index is 665. The molecule has 0 radical (unpaired) electrons. The fourth-order valence-corrected chi connectivity index (χ4v) is 5.39. The molecule has 0 unspecified atom stereocenters. The number of benzene rings is 1. The van der Waals surface area contributed by atoms with Crippen molar-refractivity contribution < 1.29 is 16.8 Å². The highest BCUT2D eigenvalue weighted by molar-refractivity contribution is 9.11. The summed E-state index contributed by atoms with van der Waals surface area (Å²) in [5.41, 5.74) is 5.93. The number of anilines is 1. The van der Waals surface area contributed by atoms with Crippen LogP contribution in [0.3, 0.4) is 0 Å². The topological polar surface area (TPSA) is 132 Å². The van der Waals surface area contributed by atoms with Crippen molar-refractivity contribution in [3.8, 4) is 0 Å². The molecule has 0 aliphatic rings. The molecular weight excluding hydrogens is 426 g/mol. The van der Waals surface area contributed by atoms with Gasteiger partial charge in [0.1, 0.15) is 4.90 Å². The molecule has 1 aromatic carbocycles. The zero-order valence-corrected chi connectivity index (χ0v) is 14.2. The van der Waals surface area contributed by atoms with Gasteiger partial charge < -0.3 is 5.73 Å². The zero-order valence-electron chi connectivity index (χ0n) is 9.43. The van der Waals surface area contributed by atoms with E-state index in [-0.39, 0.29) is 20.4 Å². The van der Waals surface area contributed by atoms with Crippen LogP contribution in [0.1, 0.15) is 0 Å². The minimum atomic E-state index is -3.88. The van der Waals surface area contributed by atoms with Crippen molar-refractivity contribution in [2.24, 2.45) is 5.14 Å². The Balaban J connectivity index is 3.02. The molecule has 0 bridgehead atoms. The van der Waals surface area contributed by atoms with E-state index in [1.165, 1.54) is 12.1 Å². The molecule has 0 aliphatic carbocycles. The molecule has 0 saturated heterocycles. The molecule has 7 nitrogen and oxygen atoms in total. The molecule has 0 amide bonds. The summed E-state index contributed by atoms with van der Waals surface area (Å²) < 4.78 is 48.2. The Hall–Kier alpha value is -0.200. The Labute approximate surface area is 128 Å². The number of halogens is 2. The van der Waals surface area contributed by atoms with Gasteiger partial charge in [-0.1, -0.05) is 0 Å². The van der Waals surface area contributed by atoms with Gasteiger partial charge >= 0.3 is 0 Å². The Morgan fingerprint density at radius 2 is 1.58 bits per heavy atom.